The molecular weight excluding hydrogens is 262 g/mol. The van der Waals surface area contributed by atoms with Gasteiger partial charge in [-0.05, 0) is 37.3 Å². The molecule has 1 aliphatic carbocycles. The minimum absolute atomic E-state index is 0.0645. The molecule has 1 amide bonds. The van der Waals surface area contributed by atoms with E-state index in [9.17, 15) is 9.59 Å². The highest BCUT2D eigenvalue weighted by atomic mass is 32.1. The van der Waals surface area contributed by atoms with Crippen LogP contribution in [-0.4, -0.2) is 23.0 Å². The predicted molar refractivity (Wildman–Crippen MR) is 75.3 cm³/mol. The predicted octanol–water partition coefficient (Wildman–Crippen LogP) is 2.76. The van der Waals surface area contributed by atoms with E-state index in [2.05, 4.69) is 12.2 Å². The van der Waals surface area contributed by atoms with Crippen molar-refractivity contribution in [2.45, 2.75) is 32.2 Å². The lowest BCUT2D eigenvalue weighted by atomic mass is 10.1. The Hall–Kier alpha value is -1.62. The molecule has 4 nitrogen and oxygen atoms in total. The Labute approximate surface area is 116 Å². The van der Waals surface area contributed by atoms with Crippen molar-refractivity contribution >= 4 is 29.3 Å². The topological polar surface area (TPSA) is 66.4 Å². The van der Waals surface area contributed by atoms with Gasteiger partial charge in [-0.25, -0.2) is 4.79 Å². The summed E-state index contributed by atoms with van der Waals surface area (Å²) in [5, 5.41) is 13.3. The van der Waals surface area contributed by atoms with Gasteiger partial charge in [0.05, 0.1) is 5.56 Å². The molecule has 1 aromatic rings. The Kier molecular flexibility index (Phi) is 4.37. The molecule has 102 valence electrons. The summed E-state index contributed by atoms with van der Waals surface area (Å²) in [4.78, 5) is 23.2. The van der Waals surface area contributed by atoms with E-state index in [1.165, 1.54) is 23.8 Å². The molecule has 2 atom stereocenters. The average molecular weight is 279 g/mol. The van der Waals surface area contributed by atoms with Crippen molar-refractivity contribution < 1.29 is 14.7 Å². The molecule has 2 N–H and O–H groups in total. The lowest BCUT2D eigenvalue weighted by Crippen LogP contribution is -2.32. The van der Waals surface area contributed by atoms with Crippen LogP contribution in [0.4, 0.5) is 0 Å². The number of carboxylic acid groups (broad SMARTS) is 1. The third kappa shape index (κ3) is 3.92. The van der Waals surface area contributed by atoms with Crippen LogP contribution in [0.25, 0.3) is 6.08 Å². The molecule has 0 saturated heterocycles. The molecule has 1 saturated carbocycles. The number of hydrogen-bond acceptors (Lipinski definition) is 3. The molecule has 1 heterocycles. The summed E-state index contributed by atoms with van der Waals surface area (Å²) >= 11 is 1.37. The first kappa shape index (κ1) is 13.8. The number of hydrogen-bond donors (Lipinski definition) is 2. The summed E-state index contributed by atoms with van der Waals surface area (Å²) < 4.78 is 0. The van der Waals surface area contributed by atoms with E-state index in [0.717, 1.165) is 23.8 Å². The van der Waals surface area contributed by atoms with Crippen LogP contribution in [0.3, 0.4) is 0 Å². The Morgan fingerprint density at radius 2 is 2.26 bits per heavy atom. The lowest BCUT2D eigenvalue weighted by molar-refractivity contribution is -0.131. The zero-order valence-corrected chi connectivity index (χ0v) is 11.6. The highest BCUT2D eigenvalue weighted by molar-refractivity contribution is 7.11. The van der Waals surface area contributed by atoms with Crippen molar-refractivity contribution in [3.8, 4) is 0 Å². The van der Waals surface area contributed by atoms with Crippen LogP contribution in [0.5, 0.6) is 0 Å². The van der Waals surface area contributed by atoms with Crippen LogP contribution in [0, 0.1) is 5.92 Å². The molecule has 2 unspecified atom stereocenters. The minimum atomic E-state index is -0.987. The van der Waals surface area contributed by atoms with Gasteiger partial charge in [-0.3, -0.25) is 4.79 Å². The Morgan fingerprint density at radius 1 is 1.47 bits per heavy atom. The van der Waals surface area contributed by atoms with Gasteiger partial charge in [-0.1, -0.05) is 6.92 Å². The molecule has 19 heavy (non-hydrogen) atoms. The van der Waals surface area contributed by atoms with E-state index in [1.807, 2.05) is 0 Å². The second-order valence-corrected chi connectivity index (χ2v) is 5.94. The summed E-state index contributed by atoms with van der Waals surface area (Å²) in [7, 11) is 0. The number of aliphatic carboxylic acids is 1. The first-order valence-electron chi connectivity index (χ1n) is 6.35. The molecule has 0 spiro atoms. The van der Waals surface area contributed by atoms with Crippen molar-refractivity contribution in [3.63, 3.8) is 0 Å². The summed E-state index contributed by atoms with van der Waals surface area (Å²) in [6.07, 6.45) is 5.83. The number of carbonyl (C=O) groups is 2. The maximum atomic E-state index is 12.0. The van der Waals surface area contributed by atoms with Gasteiger partial charge < -0.3 is 10.4 Å². The number of carboxylic acids is 1. The third-order valence-corrected chi connectivity index (χ3v) is 4.20. The maximum Gasteiger partial charge on any atom is 0.328 e. The summed E-state index contributed by atoms with van der Waals surface area (Å²) in [5.41, 5.74) is 0.606. The molecule has 0 aromatic carbocycles. The fourth-order valence-corrected chi connectivity index (χ4v) is 3.10. The molecule has 5 heteroatoms. The Balaban J connectivity index is 1.94. The van der Waals surface area contributed by atoms with Crippen molar-refractivity contribution in [1.82, 2.24) is 5.32 Å². The molecular formula is C14H17NO3S. The fraction of sp³-hybridized carbons (Fsp3) is 0.429. The molecule has 1 aromatic heterocycles. The third-order valence-electron chi connectivity index (χ3n) is 3.30. The van der Waals surface area contributed by atoms with E-state index >= 15 is 0 Å². The highest BCUT2D eigenvalue weighted by Crippen LogP contribution is 2.25. The molecule has 0 radical (unpaired) electrons. The molecule has 2 rings (SSSR count). The van der Waals surface area contributed by atoms with Crippen LogP contribution >= 0.6 is 11.3 Å². The summed E-state index contributed by atoms with van der Waals surface area (Å²) in [6, 6.07) is 2.00. The van der Waals surface area contributed by atoms with Gasteiger partial charge in [-0.2, -0.15) is 0 Å². The van der Waals surface area contributed by atoms with E-state index in [-0.39, 0.29) is 11.9 Å². The van der Waals surface area contributed by atoms with Gasteiger partial charge in [0.1, 0.15) is 0 Å². The smallest absolute Gasteiger partial charge is 0.328 e. The fourth-order valence-electron chi connectivity index (χ4n) is 2.32. The van der Waals surface area contributed by atoms with Crippen molar-refractivity contribution in [1.29, 1.82) is 0 Å². The van der Waals surface area contributed by atoms with Gasteiger partial charge >= 0.3 is 5.97 Å². The number of rotatable bonds is 4. The number of amides is 1. The highest BCUT2D eigenvalue weighted by Gasteiger charge is 2.23. The first-order chi connectivity index (χ1) is 9.04. The largest absolute Gasteiger partial charge is 0.478 e. The van der Waals surface area contributed by atoms with Crippen molar-refractivity contribution in [2.75, 3.05) is 0 Å². The standard InChI is InChI=1S/C14H17NO3S/c1-9-2-3-11(6-9)15-14(18)10-7-12(19-8-10)4-5-13(16)17/h4-5,7-9,11H,2-3,6H2,1H3,(H,15,18)(H,16,17)/b5-4+. The quantitative estimate of drug-likeness (QED) is 0.833. The van der Waals surface area contributed by atoms with Crippen LogP contribution in [0.2, 0.25) is 0 Å². The van der Waals surface area contributed by atoms with Gasteiger partial charge in [-0.15, -0.1) is 11.3 Å². The monoisotopic (exact) mass is 279 g/mol. The van der Waals surface area contributed by atoms with E-state index in [1.54, 1.807) is 11.4 Å². The van der Waals surface area contributed by atoms with Gasteiger partial charge in [0.2, 0.25) is 0 Å². The maximum absolute atomic E-state index is 12.0. The molecule has 1 aliphatic rings. The Bertz CT molecular complexity index is 507. The zero-order valence-electron chi connectivity index (χ0n) is 10.8. The van der Waals surface area contributed by atoms with E-state index < -0.39 is 5.97 Å². The Morgan fingerprint density at radius 3 is 2.89 bits per heavy atom. The molecule has 0 aliphatic heterocycles. The lowest BCUT2D eigenvalue weighted by Gasteiger charge is -2.11. The molecule has 0 bridgehead atoms. The van der Waals surface area contributed by atoms with E-state index in [0.29, 0.717) is 11.5 Å². The number of thiophene rings is 1. The van der Waals surface area contributed by atoms with Crippen LogP contribution < -0.4 is 5.32 Å². The van der Waals surface area contributed by atoms with Crippen LogP contribution in [0.1, 0.15) is 41.4 Å². The van der Waals surface area contributed by atoms with Crippen molar-refractivity contribution in [2.24, 2.45) is 5.92 Å². The number of carbonyl (C=O) groups excluding carboxylic acids is 1. The SMILES string of the molecule is CC1CCC(NC(=O)c2csc(/C=C/C(=O)O)c2)C1. The normalized spacial score (nSPS) is 22.8. The second kappa shape index (κ2) is 6.02. The molecule has 1 fully saturated rings. The zero-order chi connectivity index (χ0) is 13.8. The van der Waals surface area contributed by atoms with Gasteiger partial charge in [0.25, 0.3) is 5.91 Å². The number of nitrogens with one attached hydrogen (secondary N) is 1. The van der Waals surface area contributed by atoms with Gasteiger partial charge in [0.15, 0.2) is 0 Å². The second-order valence-electron chi connectivity index (χ2n) is 5.00. The van der Waals surface area contributed by atoms with Crippen LogP contribution in [0.15, 0.2) is 17.5 Å². The average Bonchev–Trinajstić information content (AvgIpc) is 2.95. The van der Waals surface area contributed by atoms with Crippen molar-refractivity contribution in [3.05, 3.63) is 28.0 Å². The van der Waals surface area contributed by atoms with Crippen LogP contribution in [-0.2, 0) is 4.79 Å². The minimum Gasteiger partial charge on any atom is -0.478 e. The van der Waals surface area contributed by atoms with E-state index in [4.69, 9.17) is 5.11 Å². The van der Waals surface area contributed by atoms with Gasteiger partial charge in [0, 0.05) is 22.4 Å². The summed E-state index contributed by atoms with van der Waals surface area (Å²) in [6.45, 7) is 2.20. The summed E-state index contributed by atoms with van der Waals surface area (Å²) in [5.74, 6) is -0.369. The first-order valence-corrected chi connectivity index (χ1v) is 7.23.